The van der Waals surface area contributed by atoms with Crippen LogP contribution in [-0.4, -0.2) is 15.5 Å². The lowest BCUT2D eigenvalue weighted by molar-refractivity contribution is 1.21. The van der Waals surface area contributed by atoms with E-state index in [2.05, 4.69) is 208 Å². The number of fused-ring (bicyclic) bond motifs is 4. The van der Waals surface area contributed by atoms with Crippen molar-refractivity contribution in [2.75, 3.05) is 4.90 Å². The fourth-order valence-corrected chi connectivity index (χ4v) is 14.1. The third-order valence-corrected chi connectivity index (χ3v) is 16.3. The number of anilines is 3. The first kappa shape index (κ1) is 35.0. The summed E-state index contributed by atoms with van der Waals surface area (Å²) in [6.45, 7) is 6.93. The van der Waals surface area contributed by atoms with E-state index in [4.69, 9.17) is 0 Å². The van der Waals surface area contributed by atoms with Crippen LogP contribution in [0.15, 0.2) is 202 Å². The van der Waals surface area contributed by atoms with Crippen molar-refractivity contribution in [3.63, 3.8) is 0 Å². The van der Waals surface area contributed by atoms with Gasteiger partial charge in [0.05, 0.1) is 0 Å². The molecule has 0 aromatic heterocycles. The van der Waals surface area contributed by atoms with E-state index in [-0.39, 0.29) is 6.71 Å². The minimum atomic E-state index is -1.55. The minimum Gasteiger partial charge on any atom is -0.310 e. The van der Waals surface area contributed by atoms with E-state index in [1.165, 1.54) is 96.4 Å². The van der Waals surface area contributed by atoms with Gasteiger partial charge in [-0.1, -0.05) is 196 Å². The van der Waals surface area contributed by atoms with Crippen LogP contribution in [0, 0.1) is 20.8 Å². The molecule has 0 aliphatic carbocycles. The van der Waals surface area contributed by atoms with Crippen LogP contribution in [0.4, 0.5) is 17.1 Å². The predicted octanol–water partition coefficient (Wildman–Crippen LogP) is 9.71. The molecular weight excluding hydrogens is 730 g/mol. The Labute approximate surface area is 341 Å². The van der Waals surface area contributed by atoms with Gasteiger partial charge < -0.3 is 4.90 Å². The van der Waals surface area contributed by atoms with Crippen molar-refractivity contribution in [1.29, 1.82) is 0 Å². The second kappa shape index (κ2) is 14.6. The molecule has 0 saturated carbocycles. The van der Waals surface area contributed by atoms with Gasteiger partial charge in [0.1, 0.15) is 0 Å². The topological polar surface area (TPSA) is 3.24 Å². The second-order valence-corrected chi connectivity index (χ2v) is 19.4. The highest BCUT2D eigenvalue weighted by atomic mass is 32.2. The average Bonchev–Trinajstić information content (AvgIpc) is 3.23. The third-order valence-electron chi connectivity index (χ3n) is 11.1. The van der Waals surface area contributed by atoms with Crippen molar-refractivity contribution in [3.8, 4) is 11.1 Å². The number of rotatable bonds is 7. The van der Waals surface area contributed by atoms with Gasteiger partial charge >= 0.3 is 0 Å². The van der Waals surface area contributed by atoms with Crippen molar-refractivity contribution in [2.24, 2.45) is 0 Å². The van der Waals surface area contributed by atoms with E-state index in [1.54, 1.807) is 0 Å². The molecule has 1 nitrogen and oxygen atoms in total. The maximum atomic E-state index is 2.58. The van der Waals surface area contributed by atoms with E-state index < -0.39 is 8.80 Å². The van der Waals surface area contributed by atoms with Crippen LogP contribution in [0.5, 0.6) is 0 Å². The SMILES string of the molecule is Cc1ccc(N(c2cc3c4c(c2)Sc2ccccc2B4c2ccccc2S3)c2ccc(C)cc2[Si](c2ccccc2)c2ccccc2-c2ccccc2)c(C)c1. The van der Waals surface area contributed by atoms with Crippen molar-refractivity contribution >= 4 is 88.0 Å². The normalized spacial score (nSPS) is 12.5. The van der Waals surface area contributed by atoms with Crippen LogP contribution in [0.3, 0.4) is 0 Å². The van der Waals surface area contributed by atoms with E-state index in [9.17, 15) is 0 Å². The molecule has 0 spiro atoms. The van der Waals surface area contributed by atoms with Crippen LogP contribution in [-0.2, 0) is 0 Å². The summed E-state index contributed by atoms with van der Waals surface area (Å²) in [6.07, 6.45) is 0. The summed E-state index contributed by atoms with van der Waals surface area (Å²) in [5.41, 5.74) is 14.2. The molecule has 0 amide bonds. The lowest BCUT2D eigenvalue weighted by Crippen LogP contribution is -2.58. The number of hydrogen-bond acceptors (Lipinski definition) is 3. The molecule has 0 N–H and O–H groups in total. The zero-order chi connectivity index (χ0) is 37.8. The van der Waals surface area contributed by atoms with Gasteiger partial charge in [0.15, 0.2) is 8.80 Å². The Morgan fingerprint density at radius 1 is 0.464 bits per heavy atom. The largest absolute Gasteiger partial charge is 0.310 e. The second-order valence-electron chi connectivity index (χ2n) is 14.9. The third kappa shape index (κ3) is 6.15. The van der Waals surface area contributed by atoms with Crippen molar-refractivity contribution in [2.45, 2.75) is 40.4 Å². The number of hydrogen-bond donors (Lipinski definition) is 0. The van der Waals surface area contributed by atoms with E-state index in [0.717, 1.165) is 0 Å². The van der Waals surface area contributed by atoms with Gasteiger partial charge in [-0.2, -0.15) is 0 Å². The molecule has 8 aromatic carbocycles. The number of nitrogens with zero attached hydrogens (tertiary/aromatic N) is 1. The van der Waals surface area contributed by atoms with Gasteiger partial charge in [-0.3, -0.25) is 0 Å². The summed E-state index contributed by atoms with van der Waals surface area (Å²) in [6, 6.07) is 68.4. The molecule has 8 aromatic rings. The van der Waals surface area contributed by atoms with Gasteiger partial charge in [-0.25, -0.2) is 0 Å². The highest BCUT2D eigenvalue weighted by molar-refractivity contribution is 8.01. The molecule has 267 valence electrons. The van der Waals surface area contributed by atoms with Crippen molar-refractivity contribution in [3.05, 3.63) is 199 Å². The van der Waals surface area contributed by atoms with Crippen molar-refractivity contribution in [1.82, 2.24) is 0 Å². The molecule has 1 radical (unpaired) electrons. The van der Waals surface area contributed by atoms with E-state index >= 15 is 0 Å². The summed E-state index contributed by atoms with van der Waals surface area (Å²) in [4.78, 5) is 7.95. The minimum absolute atomic E-state index is 0.218. The smallest absolute Gasteiger partial charge is 0.247 e. The first-order valence-corrected chi connectivity index (χ1v) is 22.4. The fraction of sp³-hybridized carbons (Fsp3) is 0.0588. The van der Waals surface area contributed by atoms with Crippen LogP contribution < -0.4 is 36.8 Å². The van der Waals surface area contributed by atoms with Gasteiger partial charge in [0.2, 0.25) is 6.71 Å². The molecule has 5 heteroatoms. The first-order chi connectivity index (χ1) is 27.5. The van der Waals surface area contributed by atoms with Gasteiger partial charge in [0.25, 0.3) is 0 Å². The predicted molar refractivity (Wildman–Crippen MR) is 244 cm³/mol. The van der Waals surface area contributed by atoms with Gasteiger partial charge in [-0.05, 0) is 89.7 Å². The van der Waals surface area contributed by atoms with Gasteiger partial charge in [0, 0.05) is 36.6 Å². The monoisotopic (exact) mass is 768 g/mol. The lowest BCUT2D eigenvalue weighted by Gasteiger charge is -2.36. The van der Waals surface area contributed by atoms with Crippen LogP contribution >= 0.6 is 23.5 Å². The van der Waals surface area contributed by atoms with Crippen LogP contribution in [0.2, 0.25) is 0 Å². The summed E-state index contributed by atoms with van der Waals surface area (Å²) in [7, 11) is -1.55. The molecule has 0 unspecified atom stereocenters. The zero-order valence-corrected chi connectivity index (χ0v) is 34.3. The molecule has 2 aliphatic rings. The summed E-state index contributed by atoms with van der Waals surface area (Å²) in [5, 5.41) is 4.14. The Hall–Kier alpha value is -5.46. The molecular formula is C51H39BNS2Si. The Morgan fingerprint density at radius 3 is 1.68 bits per heavy atom. The molecule has 0 atom stereocenters. The Kier molecular flexibility index (Phi) is 9.10. The van der Waals surface area contributed by atoms with E-state index in [0.29, 0.717) is 0 Å². The first-order valence-electron chi connectivity index (χ1n) is 19.3. The molecule has 2 heterocycles. The zero-order valence-electron chi connectivity index (χ0n) is 31.7. The fourth-order valence-electron chi connectivity index (χ4n) is 8.65. The summed E-state index contributed by atoms with van der Waals surface area (Å²) < 4.78 is 0. The van der Waals surface area contributed by atoms with E-state index in [1.807, 2.05) is 23.5 Å². The molecule has 56 heavy (non-hydrogen) atoms. The quantitative estimate of drug-likeness (QED) is 0.118. The average molecular weight is 769 g/mol. The maximum absolute atomic E-state index is 2.58. The molecule has 0 bridgehead atoms. The standard InChI is InChI=1S/C51H39BNS2Si/c1-34-26-28-43(36(3)30-34)53(38-32-47-51-48(33-38)55-46-24-14-12-22-42(46)52(51)41-21-11-13-23-45(41)54-47)44-29-27-35(2)31-50(44)56(39-18-8-5-9-19-39)49-25-15-10-20-40(49)37-16-6-4-7-17-37/h4-33H,1-3H3. The number of aryl methyl sites for hydroxylation is 3. The maximum Gasteiger partial charge on any atom is 0.247 e. The highest BCUT2D eigenvalue weighted by Gasteiger charge is 2.39. The summed E-state index contributed by atoms with van der Waals surface area (Å²) in [5.74, 6) is 0. The Morgan fingerprint density at radius 2 is 1.02 bits per heavy atom. The molecule has 0 saturated heterocycles. The molecule has 10 rings (SSSR count). The van der Waals surface area contributed by atoms with Gasteiger partial charge in [-0.15, -0.1) is 0 Å². The van der Waals surface area contributed by atoms with Crippen molar-refractivity contribution < 1.29 is 0 Å². The van der Waals surface area contributed by atoms with Crippen LogP contribution in [0.1, 0.15) is 16.7 Å². The number of benzene rings is 8. The Balaban J connectivity index is 1.24. The Bertz CT molecular complexity index is 2700. The van der Waals surface area contributed by atoms with Crippen LogP contribution in [0.25, 0.3) is 11.1 Å². The molecule has 2 aliphatic heterocycles. The summed E-state index contributed by atoms with van der Waals surface area (Å²) >= 11 is 3.85. The molecule has 0 fully saturated rings. The highest BCUT2D eigenvalue weighted by Crippen LogP contribution is 2.44. The lowest BCUT2D eigenvalue weighted by atomic mass is 9.36.